The fourth-order valence-corrected chi connectivity index (χ4v) is 3.09. The summed E-state index contributed by atoms with van der Waals surface area (Å²) in [6, 6.07) is 17.7. The van der Waals surface area contributed by atoms with Crippen LogP contribution in [0.25, 0.3) is 24.3 Å². The van der Waals surface area contributed by atoms with Crippen LogP contribution in [-0.4, -0.2) is 43.3 Å². The van der Waals surface area contributed by atoms with E-state index in [4.69, 9.17) is 25.7 Å². The Morgan fingerprint density at radius 2 is 1.35 bits per heavy atom. The normalized spacial score (nSPS) is 11.0. The molecule has 0 aliphatic heterocycles. The fourth-order valence-electron chi connectivity index (χ4n) is 3.09. The smallest absolute Gasteiger partial charge is 0.317 e. The number of methoxy groups -OCH3 is 2. The van der Waals surface area contributed by atoms with Crippen LogP contribution in [0.3, 0.4) is 0 Å². The number of nitrogens with two attached hydrogens (primary N) is 2. The molecule has 0 spiro atoms. The molecule has 0 unspecified atom stereocenters. The fraction of sp³-hybridized carbons (Fsp3) is 0.192. The maximum absolute atomic E-state index is 5.77. The minimum absolute atomic E-state index is 0.0588. The van der Waals surface area contributed by atoms with Gasteiger partial charge in [0, 0.05) is 24.1 Å². The first-order valence-corrected chi connectivity index (χ1v) is 10.8. The van der Waals surface area contributed by atoms with Crippen LogP contribution < -0.4 is 25.7 Å². The van der Waals surface area contributed by atoms with Crippen molar-refractivity contribution < 1.29 is 14.2 Å². The van der Waals surface area contributed by atoms with Crippen molar-refractivity contribution in [1.82, 2.24) is 9.97 Å². The van der Waals surface area contributed by atoms with E-state index in [1.165, 1.54) is 0 Å². The molecule has 34 heavy (non-hydrogen) atoms. The van der Waals surface area contributed by atoms with Crippen LogP contribution >= 0.6 is 0 Å². The molecule has 0 atom stereocenters. The Hall–Kier alpha value is -4.33. The van der Waals surface area contributed by atoms with Gasteiger partial charge < -0.3 is 25.7 Å². The molecule has 0 aliphatic carbocycles. The predicted octanol–water partition coefficient (Wildman–Crippen LogP) is 3.88. The summed E-state index contributed by atoms with van der Waals surface area (Å²) in [4.78, 5) is 13.0. The van der Waals surface area contributed by atoms with E-state index in [0.29, 0.717) is 31.0 Å². The monoisotopic (exact) mass is 459 g/mol. The highest BCUT2D eigenvalue weighted by atomic mass is 16.5. The van der Waals surface area contributed by atoms with Crippen molar-refractivity contribution in [1.29, 1.82) is 0 Å². The molecule has 8 nitrogen and oxygen atoms in total. The van der Waals surface area contributed by atoms with Gasteiger partial charge in [0.15, 0.2) is 5.96 Å². The largest absolute Gasteiger partial charge is 0.496 e. The Morgan fingerprint density at radius 3 is 1.85 bits per heavy atom. The lowest BCUT2D eigenvalue weighted by Crippen LogP contribution is -2.23. The van der Waals surface area contributed by atoms with Crippen molar-refractivity contribution in [3.63, 3.8) is 0 Å². The van der Waals surface area contributed by atoms with Crippen molar-refractivity contribution in [3.05, 3.63) is 77.1 Å². The van der Waals surface area contributed by atoms with E-state index >= 15 is 0 Å². The van der Waals surface area contributed by atoms with Crippen LogP contribution in [0.2, 0.25) is 0 Å². The van der Waals surface area contributed by atoms with Gasteiger partial charge in [0.25, 0.3) is 0 Å². The zero-order valence-corrected chi connectivity index (χ0v) is 19.3. The highest BCUT2D eigenvalue weighted by Gasteiger charge is 2.05. The van der Waals surface area contributed by atoms with Gasteiger partial charge in [0.05, 0.1) is 32.2 Å². The molecule has 0 bridgehead atoms. The standard InChI is InChI=1S/C26H29N5O3/c1-32-23-10-5-3-8-19(23)12-14-21-18-22(15-13-20-9-4-6-11-24(20)33-2)31-26(30-21)34-17-7-16-29-25(27)28/h3-6,8-15,18H,7,16-17H2,1-2H3,(H4,27,28,29). The summed E-state index contributed by atoms with van der Waals surface area (Å²) in [5.41, 5.74) is 14.0. The molecule has 0 radical (unpaired) electrons. The predicted molar refractivity (Wildman–Crippen MR) is 137 cm³/mol. The lowest BCUT2D eigenvalue weighted by molar-refractivity contribution is 0.288. The molecule has 176 valence electrons. The second kappa shape index (κ2) is 12.6. The Labute approximate surface area is 199 Å². The molecule has 2 aromatic carbocycles. The lowest BCUT2D eigenvalue weighted by atomic mass is 10.1. The summed E-state index contributed by atoms with van der Waals surface area (Å²) >= 11 is 0. The molecule has 1 aromatic heterocycles. The van der Waals surface area contributed by atoms with Crippen LogP contribution in [-0.2, 0) is 0 Å². The minimum Gasteiger partial charge on any atom is -0.496 e. The van der Waals surface area contributed by atoms with Gasteiger partial charge >= 0.3 is 6.01 Å². The van der Waals surface area contributed by atoms with Gasteiger partial charge in [-0.15, -0.1) is 0 Å². The van der Waals surface area contributed by atoms with Crippen LogP contribution in [0.4, 0.5) is 0 Å². The van der Waals surface area contributed by atoms with Crippen LogP contribution in [0.15, 0.2) is 59.6 Å². The number of ether oxygens (including phenoxy) is 3. The molecule has 0 saturated carbocycles. The summed E-state index contributed by atoms with van der Waals surface area (Å²) in [6.45, 7) is 0.850. The average Bonchev–Trinajstić information content (AvgIpc) is 2.86. The van der Waals surface area contributed by atoms with Crippen molar-refractivity contribution in [3.8, 4) is 17.5 Å². The maximum atomic E-state index is 5.77. The highest BCUT2D eigenvalue weighted by molar-refractivity contribution is 5.76. The summed E-state index contributed by atoms with van der Waals surface area (Å²) < 4.78 is 16.6. The van der Waals surface area contributed by atoms with E-state index < -0.39 is 0 Å². The molecule has 4 N–H and O–H groups in total. The summed E-state index contributed by atoms with van der Waals surface area (Å²) in [5, 5.41) is 0. The third kappa shape index (κ3) is 7.37. The van der Waals surface area contributed by atoms with Crippen molar-refractivity contribution in [2.75, 3.05) is 27.4 Å². The van der Waals surface area contributed by atoms with E-state index in [1.54, 1.807) is 14.2 Å². The number of rotatable bonds is 11. The first-order valence-electron chi connectivity index (χ1n) is 10.8. The van der Waals surface area contributed by atoms with E-state index in [0.717, 1.165) is 22.6 Å². The van der Waals surface area contributed by atoms with Crippen LogP contribution in [0, 0.1) is 0 Å². The maximum Gasteiger partial charge on any atom is 0.317 e. The molecule has 1 heterocycles. The first kappa shape index (κ1) is 24.3. The van der Waals surface area contributed by atoms with Gasteiger partial charge in [-0.1, -0.05) is 36.4 Å². The van der Waals surface area contributed by atoms with E-state index in [2.05, 4.69) is 15.0 Å². The summed E-state index contributed by atoms with van der Waals surface area (Å²) in [7, 11) is 3.29. The summed E-state index contributed by atoms with van der Waals surface area (Å²) in [5.74, 6) is 1.61. The Bertz CT molecular complexity index is 1090. The second-order valence-corrected chi connectivity index (χ2v) is 7.16. The molecular weight excluding hydrogens is 430 g/mol. The number of aromatic nitrogens is 2. The molecule has 0 fully saturated rings. The zero-order valence-electron chi connectivity index (χ0n) is 19.3. The van der Waals surface area contributed by atoms with Gasteiger partial charge in [-0.2, -0.15) is 9.97 Å². The Kier molecular flexibility index (Phi) is 9.04. The van der Waals surface area contributed by atoms with E-state index in [9.17, 15) is 0 Å². The number of aliphatic imine (C=N–C) groups is 1. The molecule has 0 amide bonds. The molecule has 0 saturated heterocycles. The van der Waals surface area contributed by atoms with Crippen LogP contribution in [0.1, 0.15) is 28.9 Å². The van der Waals surface area contributed by atoms with Gasteiger partial charge in [-0.25, -0.2) is 0 Å². The van der Waals surface area contributed by atoms with Gasteiger partial charge in [0.1, 0.15) is 11.5 Å². The van der Waals surface area contributed by atoms with Crippen molar-refractivity contribution in [2.24, 2.45) is 16.5 Å². The first-order chi connectivity index (χ1) is 16.6. The molecule has 0 aliphatic rings. The molecule has 3 aromatic rings. The Morgan fingerprint density at radius 1 is 0.824 bits per heavy atom. The number of hydrogen-bond acceptors (Lipinski definition) is 6. The third-order valence-corrected chi connectivity index (χ3v) is 4.72. The number of nitrogens with zero attached hydrogens (tertiary/aromatic N) is 3. The number of guanidine groups is 1. The number of hydrogen-bond donors (Lipinski definition) is 2. The van der Waals surface area contributed by atoms with Crippen molar-refractivity contribution in [2.45, 2.75) is 6.42 Å². The van der Waals surface area contributed by atoms with Crippen molar-refractivity contribution >= 4 is 30.3 Å². The van der Waals surface area contributed by atoms with Gasteiger partial charge in [-0.05, 0) is 42.5 Å². The quantitative estimate of drug-likeness (QED) is 0.254. The highest BCUT2D eigenvalue weighted by Crippen LogP contribution is 2.22. The topological polar surface area (TPSA) is 118 Å². The van der Waals surface area contributed by atoms with Crippen LogP contribution in [0.5, 0.6) is 17.5 Å². The number of para-hydroxylation sites is 2. The SMILES string of the molecule is COc1ccccc1C=Cc1cc(C=Cc2ccccc2OC)nc(OCCCN=C(N)N)n1. The molecule has 3 rings (SSSR count). The van der Waals surface area contributed by atoms with E-state index in [-0.39, 0.29) is 12.0 Å². The zero-order chi connectivity index (χ0) is 24.2. The number of benzene rings is 2. The molecule has 8 heteroatoms. The van der Waals surface area contributed by atoms with E-state index in [1.807, 2.05) is 78.9 Å². The Balaban J connectivity index is 1.85. The second-order valence-electron chi connectivity index (χ2n) is 7.16. The third-order valence-electron chi connectivity index (χ3n) is 4.72. The average molecular weight is 460 g/mol. The van der Waals surface area contributed by atoms with Gasteiger partial charge in [-0.3, -0.25) is 4.99 Å². The summed E-state index contributed by atoms with van der Waals surface area (Å²) in [6.07, 6.45) is 8.31. The molecular formula is C26H29N5O3. The minimum atomic E-state index is 0.0588. The lowest BCUT2D eigenvalue weighted by Gasteiger charge is -2.07. The van der Waals surface area contributed by atoms with Gasteiger partial charge in [0.2, 0.25) is 0 Å².